The Bertz CT molecular complexity index is 275. The van der Waals surface area contributed by atoms with E-state index >= 15 is 0 Å². The van der Waals surface area contributed by atoms with Crippen LogP contribution in [0.15, 0.2) is 16.9 Å². The number of hydrogen-bond donors (Lipinski definition) is 1. The van der Waals surface area contributed by atoms with Crippen LogP contribution < -0.4 is 5.73 Å². The Morgan fingerprint density at radius 3 is 2.67 bits per heavy atom. The van der Waals surface area contributed by atoms with Crippen LogP contribution >= 0.6 is 15.9 Å². The van der Waals surface area contributed by atoms with E-state index in [1.54, 1.807) is 12.4 Å². The molecule has 12 heavy (non-hydrogen) atoms. The summed E-state index contributed by atoms with van der Waals surface area (Å²) in [5.41, 5.74) is 4.74. The van der Waals surface area contributed by atoms with Crippen molar-refractivity contribution in [3.8, 4) is 0 Å². The fraction of sp³-hybridized carbons (Fsp3) is 0.167. The summed E-state index contributed by atoms with van der Waals surface area (Å²) in [6.45, 7) is 0.00259. The third-order valence-electron chi connectivity index (χ3n) is 1.02. The van der Waals surface area contributed by atoms with E-state index in [-0.39, 0.29) is 6.61 Å². The van der Waals surface area contributed by atoms with Gasteiger partial charge in [0.05, 0.1) is 4.47 Å². The van der Waals surface area contributed by atoms with Gasteiger partial charge in [-0.2, -0.15) is 0 Å². The molecule has 64 valence electrons. The molecule has 0 unspecified atom stereocenters. The summed E-state index contributed by atoms with van der Waals surface area (Å²) in [4.78, 5) is 17.9. The average Bonchev–Trinajstić information content (AvgIpc) is 2.03. The number of primary amides is 1. The highest BCUT2D eigenvalue weighted by Crippen LogP contribution is 2.04. The monoisotopic (exact) mass is 231 g/mol. The van der Waals surface area contributed by atoms with Gasteiger partial charge in [-0.3, -0.25) is 0 Å². The van der Waals surface area contributed by atoms with E-state index in [2.05, 4.69) is 30.6 Å². The van der Waals surface area contributed by atoms with Crippen molar-refractivity contribution in [3.63, 3.8) is 0 Å². The quantitative estimate of drug-likeness (QED) is 0.819. The van der Waals surface area contributed by atoms with Gasteiger partial charge in [-0.15, -0.1) is 0 Å². The molecule has 5 nitrogen and oxygen atoms in total. The Kier molecular flexibility index (Phi) is 2.98. The number of nitrogens with two attached hydrogens (primary N) is 1. The molecule has 1 heterocycles. The van der Waals surface area contributed by atoms with E-state index < -0.39 is 6.09 Å². The molecule has 0 radical (unpaired) electrons. The number of halogens is 1. The summed E-state index contributed by atoms with van der Waals surface area (Å²) in [6, 6.07) is 0. The molecule has 6 heteroatoms. The van der Waals surface area contributed by atoms with Crippen molar-refractivity contribution in [3.05, 3.63) is 22.7 Å². The van der Waals surface area contributed by atoms with E-state index in [9.17, 15) is 4.79 Å². The minimum absolute atomic E-state index is 0.00259. The largest absolute Gasteiger partial charge is 0.441 e. The van der Waals surface area contributed by atoms with Gasteiger partial charge in [-0.25, -0.2) is 14.8 Å². The molecule has 1 aromatic heterocycles. The predicted molar refractivity (Wildman–Crippen MR) is 44.1 cm³/mol. The summed E-state index contributed by atoms with van der Waals surface area (Å²) < 4.78 is 5.24. The van der Waals surface area contributed by atoms with Gasteiger partial charge in [-0.1, -0.05) is 0 Å². The van der Waals surface area contributed by atoms with E-state index in [1.165, 1.54) is 0 Å². The van der Waals surface area contributed by atoms with Crippen molar-refractivity contribution in [2.75, 3.05) is 0 Å². The van der Waals surface area contributed by atoms with Gasteiger partial charge in [0.1, 0.15) is 0 Å². The second-order valence-corrected chi connectivity index (χ2v) is 2.84. The second kappa shape index (κ2) is 4.01. The molecule has 0 aromatic carbocycles. The molecule has 0 atom stereocenters. The third kappa shape index (κ3) is 2.83. The lowest BCUT2D eigenvalue weighted by atomic mass is 10.6. The van der Waals surface area contributed by atoms with Crippen LogP contribution in [0, 0.1) is 0 Å². The third-order valence-corrected chi connectivity index (χ3v) is 1.43. The minimum Gasteiger partial charge on any atom is -0.441 e. The van der Waals surface area contributed by atoms with Gasteiger partial charge in [0.15, 0.2) is 12.4 Å². The summed E-state index contributed by atoms with van der Waals surface area (Å²) >= 11 is 3.17. The number of hydrogen-bond acceptors (Lipinski definition) is 4. The Balaban J connectivity index is 2.53. The smallest absolute Gasteiger partial charge is 0.404 e. The van der Waals surface area contributed by atoms with E-state index in [1.807, 2.05) is 0 Å². The number of carbonyl (C=O) groups is 1. The van der Waals surface area contributed by atoms with Crippen LogP contribution in [0.5, 0.6) is 0 Å². The van der Waals surface area contributed by atoms with Gasteiger partial charge in [0.25, 0.3) is 0 Å². The molecule has 0 spiro atoms. The van der Waals surface area contributed by atoms with Gasteiger partial charge in [0, 0.05) is 12.4 Å². The lowest BCUT2D eigenvalue weighted by Crippen LogP contribution is -2.13. The second-order valence-electron chi connectivity index (χ2n) is 1.93. The van der Waals surface area contributed by atoms with E-state index in [0.29, 0.717) is 5.82 Å². The SMILES string of the molecule is NC(=O)OCc1ncc(Br)cn1. The molecule has 0 aliphatic heterocycles. The van der Waals surface area contributed by atoms with Crippen molar-refractivity contribution in [1.82, 2.24) is 9.97 Å². The topological polar surface area (TPSA) is 78.1 Å². The first-order chi connectivity index (χ1) is 5.68. The molecule has 0 aliphatic rings. The zero-order chi connectivity index (χ0) is 8.97. The van der Waals surface area contributed by atoms with Gasteiger partial charge < -0.3 is 10.5 Å². The van der Waals surface area contributed by atoms with Crippen LogP contribution in [0.4, 0.5) is 4.79 Å². The summed E-state index contributed by atoms with van der Waals surface area (Å²) in [7, 11) is 0. The van der Waals surface area contributed by atoms with E-state index in [4.69, 9.17) is 5.73 Å². The highest BCUT2D eigenvalue weighted by molar-refractivity contribution is 9.10. The fourth-order valence-electron chi connectivity index (χ4n) is 0.549. The van der Waals surface area contributed by atoms with Crippen LogP contribution in [0.1, 0.15) is 5.82 Å². The van der Waals surface area contributed by atoms with Crippen LogP contribution in [-0.4, -0.2) is 16.1 Å². The molecular formula is C6H6BrN3O2. The van der Waals surface area contributed by atoms with Crippen molar-refractivity contribution in [2.24, 2.45) is 5.73 Å². The number of ether oxygens (including phenoxy) is 1. The maximum Gasteiger partial charge on any atom is 0.404 e. The summed E-state index contributed by atoms with van der Waals surface area (Å²) in [5, 5.41) is 0. The fourth-order valence-corrected chi connectivity index (χ4v) is 0.754. The molecule has 0 saturated heterocycles. The Labute approximate surface area is 77.1 Å². The van der Waals surface area contributed by atoms with Crippen molar-refractivity contribution in [1.29, 1.82) is 0 Å². The van der Waals surface area contributed by atoms with Gasteiger partial charge in [0.2, 0.25) is 0 Å². The first-order valence-electron chi connectivity index (χ1n) is 3.07. The minimum atomic E-state index is -0.832. The molecule has 0 aliphatic carbocycles. The molecule has 2 N–H and O–H groups in total. The molecule has 1 amide bonds. The first kappa shape index (κ1) is 8.92. The highest BCUT2D eigenvalue weighted by Gasteiger charge is 1.98. The Morgan fingerprint density at radius 1 is 1.58 bits per heavy atom. The molecule has 1 aromatic rings. The molecule has 1 rings (SSSR count). The molecular weight excluding hydrogens is 226 g/mol. The van der Waals surface area contributed by atoms with Crippen LogP contribution in [-0.2, 0) is 11.3 Å². The summed E-state index contributed by atoms with van der Waals surface area (Å²) in [5.74, 6) is 0.414. The number of rotatable bonds is 2. The van der Waals surface area contributed by atoms with Crippen molar-refractivity contribution >= 4 is 22.0 Å². The highest BCUT2D eigenvalue weighted by atomic mass is 79.9. The zero-order valence-corrected chi connectivity index (χ0v) is 7.61. The lowest BCUT2D eigenvalue weighted by molar-refractivity contribution is 0.147. The number of carbonyl (C=O) groups excluding carboxylic acids is 1. The average molecular weight is 232 g/mol. The van der Waals surface area contributed by atoms with Gasteiger partial charge >= 0.3 is 6.09 Å². The first-order valence-corrected chi connectivity index (χ1v) is 3.86. The molecule has 0 saturated carbocycles. The molecule has 0 fully saturated rings. The van der Waals surface area contributed by atoms with Crippen LogP contribution in [0.2, 0.25) is 0 Å². The van der Waals surface area contributed by atoms with Crippen LogP contribution in [0.25, 0.3) is 0 Å². The Hall–Kier alpha value is -1.17. The van der Waals surface area contributed by atoms with Crippen LogP contribution in [0.3, 0.4) is 0 Å². The molecule has 0 bridgehead atoms. The van der Waals surface area contributed by atoms with Crippen molar-refractivity contribution < 1.29 is 9.53 Å². The normalized spacial score (nSPS) is 9.42. The predicted octanol–water partition coefficient (Wildman–Crippen LogP) is 0.834. The lowest BCUT2D eigenvalue weighted by Gasteiger charge is -1.98. The van der Waals surface area contributed by atoms with E-state index in [0.717, 1.165) is 4.47 Å². The number of aromatic nitrogens is 2. The maximum atomic E-state index is 10.2. The Morgan fingerprint density at radius 2 is 2.17 bits per heavy atom. The number of nitrogens with zero attached hydrogens (tertiary/aromatic N) is 2. The standard InChI is InChI=1S/C6H6BrN3O2/c7-4-1-9-5(10-2-4)3-12-6(8)11/h1-2H,3H2,(H2,8,11). The zero-order valence-electron chi connectivity index (χ0n) is 6.03. The van der Waals surface area contributed by atoms with Crippen molar-refractivity contribution in [2.45, 2.75) is 6.61 Å². The maximum absolute atomic E-state index is 10.2. The number of amides is 1. The van der Waals surface area contributed by atoms with Gasteiger partial charge in [-0.05, 0) is 15.9 Å². The summed E-state index contributed by atoms with van der Waals surface area (Å²) in [6.07, 6.45) is 2.29.